The molecular formula is C16H10Cl2N4O2S. The zero-order chi connectivity index (χ0) is 18.0. The third-order valence-corrected chi connectivity index (χ3v) is 5.54. The summed E-state index contributed by atoms with van der Waals surface area (Å²) in [4.78, 5) is 3.81. The van der Waals surface area contributed by atoms with E-state index in [4.69, 9.17) is 28.5 Å². The largest absolute Gasteiger partial charge is 0.288 e. The van der Waals surface area contributed by atoms with E-state index < -0.39 is 10.0 Å². The number of benzene rings is 2. The normalized spacial score (nSPS) is 11.1. The minimum absolute atomic E-state index is 0.0754. The van der Waals surface area contributed by atoms with Crippen molar-refractivity contribution in [2.45, 2.75) is 4.90 Å². The van der Waals surface area contributed by atoms with Crippen LogP contribution in [0.4, 0.5) is 5.69 Å². The van der Waals surface area contributed by atoms with Crippen LogP contribution in [0.25, 0.3) is 5.69 Å². The second kappa shape index (κ2) is 6.76. The van der Waals surface area contributed by atoms with Gasteiger partial charge in [0.25, 0.3) is 10.0 Å². The number of hydrogen-bond acceptors (Lipinski definition) is 4. The van der Waals surface area contributed by atoms with E-state index in [1.54, 1.807) is 41.0 Å². The first kappa shape index (κ1) is 17.3. The standard InChI is InChI=1S/C16H10Cl2N4O2S/c17-15-16(18)22(10-20-15)13-7-5-12(6-8-13)21-25(23,24)14-4-2-1-3-11(14)9-19/h1-8,10,21H. The molecule has 0 saturated carbocycles. The van der Waals surface area contributed by atoms with E-state index in [2.05, 4.69) is 9.71 Å². The zero-order valence-corrected chi connectivity index (χ0v) is 14.8. The molecule has 0 aliphatic rings. The molecule has 1 N–H and O–H groups in total. The van der Waals surface area contributed by atoms with Crippen LogP contribution in [0.15, 0.2) is 59.8 Å². The molecule has 0 amide bonds. The molecule has 1 aromatic heterocycles. The van der Waals surface area contributed by atoms with E-state index in [1.807, 2.05) is 6.07 Å². The summed E-state index contributed by atoms with van der Waals surface area (Å²) in [7, 11) is -3.88. The second-order valence-electron chi connectivity index (χ2n) is 4.96. The van der Waals surface area contributed by atoms with Crippen molar-refractivity contribution in [2.24, 2.45) is 0 Å². The number of aromatic nitrogens is 2. The molecule has 6 nitrogen and oxygen atoms in total. The van der Waals surface area contributed by atoms with Crippen LogP contribution in [0.3, 0.4) is 0 Å². The summed E-state index contributed by atoms with van der Waals surface area (Å²) >= 11 is 11.8. The van der Waals surface area contributed by atoms with Crippen molar-refractivity contribution in [3.05, 3.63) is 70.7 Å². The molecule has 3 aromatic rings. The molecule has 9 heteroatoms. The third-order valence-electron chi connectivity index (χ3n) is 3.36. The summed E-state index contributed by atoms with van der Waals surface area (Å²) in [6.45, 7) is 0. The molecule has 0 spiro atoms. The number of halogens is 2. The average molecular weight is 393 g/mol. The van der Waals surface area contributed by atoms with Crippen LogP contribution < -0.4 is 4.72 Å². The Morgan fingerprint density at radius 3 is 2.36 bits per heavy atom. The van der Waals surface area contributed by atoms with Gasteiger partial charge in [0.15, 0.2) is 10.3 Å². The van der Waals surface area contributed by atoms with Crippen LogP contribution in [-0.4, -0.2) is 18.0 Å². The van der Waals surface area contributed by atoms with E-state index >= 15 is 0 Å². The Morgan fingerprint density at radius 2 is 1.76 bits per heavy atom. The van der Waals surface area contributed by atoms with Crippen molar-refractivity contribution in [3.8, 4) is 11.8 Å². The number of hydrogen-bond donors (Lipinski definition) is 1. The highest BCUT2D eigenvalue weighted by molar-refractivity contribution is 7.92. The van der Waals surface area contributed by atoms with Gasteiger partial charge in [-0.2, -0.15) is 5.26 Å². The van der Waals surface area contributed by atoms with Gasteiger partial charge < -0.3 is 0 Å². The number of nitrogens with one attached hydrogen (secondary N) is 1. The van der Waals surface area contributed by atoms with Crippen molar-refractivity contribution < 1.29 is 8.42 Å². The van der Waals surface area contributed by atoms with Gasteiger partial charge in [-0.25, -0.2) is 13.4 Å². The van der Waals surface area contributed by atoms with Crippen molar-refractivity contribution in [1.29, 1.82) is 5.26 Å². The molecular weight excluding hydrogens is 383 g/mol. The first-order valence-electron chi connectivity index (χ1n) is 6.93. The van der Waals surface area contributed by atoms with Gasteiger partial charge in [0, 0.05) is 11.4 Å². The van der Waals surface area contributed by atoms with E-state index in [1.165, 1.54) is 18.5 Å². The molecule has 3 rings (SSSR count). The van der Waals surface area contributed by atoms with Gasteiger partial charge in [0.2, 0.25) is 0 Å². The van der Waals surface area contributed by atoms with Crippen molar-refractivity contribution in [2.75, 3.05) is 4.72 Å². The number of nitriles is 1. The summed E-state index contributed by atoms with van der Waals surface area (Å²) in [6.07, 6.45) is 1.47. The summed E-state index contributed by atoms with van der Waals surface area (Å²) in [5.74, 6) is 0. The lowest BCUT2D eigenvalue weighted by Crippen LogP contribution is -2.14. The number of anilines is 1. The molecule has 126 valence electrons. The lowest BCUT2D eigenvalue weighted by molar-refractivity contribution is 0.601. The molecule has 0 atom stereocenters. The summed E-state index contributed by atoms with van der Waals surface area (Å²) < 4.78 is 29.0. The minimum atomic E-state index is -3.88. The monoisotopic (exact) mass is 392 g/mol. The molecule has 0 fully saturated rings. The fourth-order valence-corrected chi connectivity index (χ4v) is 3.73. The summed E-state index contributed by atoms with van der Waals surface area (Å²) in [5, 5.41) is 9.51. The fourth-order valence-electron chi connectivity index (χ4n) is 2.19. The van der Waals surface area contributed by atoms with Crippen molar-refractivity contribution in [3.63, 3.8) is 0 Å². The van der Waals surface area contributed by atoms with E-state index in [0.29, 0.717) is 11.4 Å². The fraction of sp³-hybridized carbons (Fsp3) is 0. The smallest absolute Gasteiger partial charge is 0.263 e. The molecule has 2 aromatic carbocycles. The molecule has 0 aliphatic carbocycles. The molecule has 0 bridgehead atoms. The second-order valence-corrected chi connectivity index (χ2v) is 7.32. The quantitative estimate of drug-likeness (QED) is 0.729. The molecule has 0 unspecified atom stereocenters. The van der Waals surface area contributed by atoms with Gasteiger partial charge >= 0.3 is 0 Å². The predicted molar refractivity (Wildman–Crippen MR) is 95.5 cm³/mol. The number of rotatable bonds is 4. The third kappa shape index (κ3) is 3.46. The first-order valence-corrected chi connectivity index (χ1v) is 9.17. The Bertz CT molecular complexity index is 1070. The SMILES string of the molecule is N#Cc1ccccc1S(=O)(=O)Nc1ccc(-n2cnc(Cl)c2Cl)cc1. The number of imidazole rings is 1. The highest BCUT2D eigenvalue weighted by Crippen LogP contribution is 2.25. The Balaban J connectivity index is 1.89. The van der Waals surface area contributed by atoms with Crippen molar-refractivity contribution >= 4 is 38.9 Å². The molecule has 0 aliphatic heterocycles. The maximum Gasteiger partial charge on any atom is 0.263 e. The number of nitrogens with zero attached hydrogens (tertiary/aromatic N) is 3. The van der Waals surface area contributed by atoms with Crippen LogP contribution >= 0.6 is 23.2 Å². The molecule has 1 heterocycles. The van der Waals surface area contributed by atoms with E-state index in [-0.39, 0.29) is 20.8 Å². The highest BCUT2D eigenvalue weighted by Gasteiger charge is 2.18. The first-order chi connectivity index (χ1) is 11.9. The lowest BCUT2D eigenvalue weighted by Gasteiger charge is -2.10. The van der Waals surface area contributed by atoms with E-state index in [9.17, 15) is 8.42 Å². The maximum atomic E-state index is 12.5. The number of sulfonamides is 1. The summed E-state index contributed by atoms with van der Waals surface area (Å²) in [5.41, 5.74) is 1.09. The average Bonchev–Trinajstić information content (AvgIpc) is 2.94. The van der Waals surface area contributed by atoms with Crippen LogP contribution in [0, 0.1) is 11.3 Å². The highest BCUT2D eigenvalue weighted by atomic mass is 35.5. The van der Waals surface area contributed by atoms with Gasteiger partial charge in [-0.3, -0.25) is 9.29 Å². The Hall–Kier alpha value is -2.53. The van der Waals surface area contributed by atoms with E-state index in [0.717, 1.165) is 0 Å². The topological polar surface area (TPSA) is 87.8 Å². The Kier molecular flexibility index (Phi) is 4.68. The van der Waals surface area contributed by atoms with Crippen LogP contribution in [0.5, 0.6) is 0 Å². The lowest BCUT2D eigenvalue weighted by atomic mass is 10.2. The molecule has 0 radical (unpaired) electrons. The Labute approximate surface area is 154 Å². The zero-order valence-electron chi connectivity index (χ0n) is 12.5. The van der Waals surface area contributed by atoms with Gasteiger partial charge in [-0.1, -0.05) is 35.3 Å². The predicted octanol–water partition coefficient (Wildman–Crippen LogP) is 3.85. The van der Waals surface area contributed by atoms with Crippen LogP contribution in [-0.2, 0) is 10.0 Å². The van der Waals surface area contributed by atoms with Crippen molar-refractivity contribution in [1.82, 2.24) is 9.55 Å². The summed E-state index contributed by atoms with van der Waals surface area (Å²) in [6, 6.07) is 14.3. The molecule has 0 saturated heterocycles. The minimum Gasteiger partial charge on any atom is -0.288 e. The van der Waals surface area contributed by atoms with Gasteiger partial charge in [-0.05, 0) is 36.4 Å². The van der Waals surface area contributed by atoms with Gasteiger partial charge in [0.05, 0.1) is 5.56 Å². The van der Waals surface area contributed by atoms with Crippen LogP contribution in [0.2, 0.25) is 10.3 Å². The van der Waals surface area contributed by atoms with Gasteiger partial charge in [-0.15, -0.1) is 0 Å². The molecule has 25 heavy (non-hydrogen) atoms. The Morgan fingerprint density at radius 1 is 1.08 bits per heavy atom. The van der Waals surface area contributed by atoms with Crippen LogP contribution in [0.1, 0.15) is 5.56 Å². The maximum absolute atomic E-state index is 12.5. The van der Waals surface area contributed by atoms with Gasteiger partial charge in [0.1, 0.15) is 17.3 Å².